The molecule has 0 spiro atoms. The van der Waals surface area contributed by atoms with Crippen molar-refractivity contribution < 1.29 is 12.9 Å². The molecule has 2 heterocycles. The van der Waals surface area contributed by atoms with Crippen LogP contribution in [0.2, 0.25) is 0 Å². The van der Waals surface area contributed by atoms with E-state index in [1.165, 1.54) is 17.7 Å². The molecule has 2 aromatic heterocycles. The van der Waals surface area contributed by atoms with Crippen molar-refractivity contribution in [2.45, 2.75) is 17.6 Å². The van der Waals surface area contributed by atoms with Crippen LogP contribution in [0.25, 0.3) is 0 Å². The quantitative estimate of drug-likeness (QED) is 0.886. The SMILES string of the molecule is Cc1cc(S(=O)(=O)NCCc2ncon2)sc1Br. The van der Waals surface area contributed by atoms with Gasteiger partial charge in [-0.05, 0) is 34.5 Å². The summed E-state index contributed by atoms with van der Waals surface area (Å²) in [6.45, 7) is 2.08. The van der Waals surface area contributed by atoms with Crippen LogP contribution in [0.4, 0.5) is 0 Å². The topological polar surface area (TPSA) is 85.1 Å². The summed E-state index contributed by atoms with van der Waals surface area (Å²) in [6, 6.07) is 1.63. The molecule has 1 N–H and O–H groups in total. The second kappa shape index (κ2) is 5.47. The Morgan fingerprint density at radius 2 is 2.33 bits per heavy atom. The van der Waals surface area contributed by atoms with Gasteiger partial charge in [-0.25, -0.2) is 13.1 Å². The van der Waals surface area contributed by atoms with Gasteiger partial charge in [0.05, 0.1) is 3.79 Å². The number of nitrogens with zero attached hydrogens (tertiary/aromatic N) is 2. The van der Waals surface area contributed by atoms with E-state index in [4.69, 9.17) is 0 Å². The van der Waals surface area contributed by atoms with E-state index in [0.717, 1.165) is 9.35 Å². The Kier molecular flexibility index (Phi) is 4.15. The van der Waals surface area contributed by atoms with E-state index in [-0.39, 0.29) is 6.54 Å². The van der Waals surface area contributed by atoms with E-state index in [9.17, 15) is 8.42 Å². The molecule has 0 atom stereocenters. The van der Waals surface area contributed by atoms with Crippen LogP contribution in [0.5, 0.6) is 0 Å². The summed E-state index contributed by atoms with van der Waals surface area (Å²) in [5.74, 6) is 0.473. The lowest BCUT2D eigenvalue weighted by Crippen LogP contribution is -2.25. The third kappa shape index (κ3) is 3.16. The third-order valence-electron chi connectivity index (χ3n) is 2.15. The highest BCUT2D eigenvalue weighted by Crippen LogP contribution is 2.30. The van der Waals surface area contributed by atoms with Crippen LogP contribution in [0, 0.1) is 6.92 Å². The van der Waals surface area contributed by atoms with Gasteiger partial charge in [-0.1, -0.05) is 5.16 Å². The third-order valence-corrected chi connectivity index (χ3v) is 6.22. The number of sulfonamides is 1. The highest BCUT2D eigenvalue weighted by molar-refractivity contribution is 9.11. The molecule has 0 saturated heterocycles. The maximum Gasteiger partial charge on any atom is 0.250 e. The normalized spacial score (nSPS) is 11.9. The van der Waals surface area contributed by atoms with E-state index >= 15 is 0 Å². The fourth-order valence-electron chi connectivity index (χ4n) is 1.24. The standard InChI is InChI=1S/C9H10BrN3O3S2/c1-6-4-8(17-9(6)10)18(14,15)12-3-2-7-11-5-16-13-7/h4-5,12H,2-3H2,1H3. The molecule has 0 aliphatic carbocycles. The van der Waals surface area contributed by atoms with Crippen molar-refractivity contribution in [2.24, 2.45) is 0 Å². The van der Waals surface area contributed by atoms with E-state index in [2.05, 4.69) is 35.3 Å². The first-order valence-electron chi connectivity index (χ1n) is 5.00. The molecular weight excluding hydrogens is 342 g/mol. The lowest BCUT2D eigenvalue weighted by Gasteiger charge is -2.02. The number of aryl methyl sites for hydroxylation is 1. The van der Waals surface area contributed by atoms with Crippen LogP contribution in [0.3, 0.4) is 0 Å². The summed E-state index contributed by atoms with van der Waals surface area (Å²) in [5.41, 5.74) is 0.901. The lowest BCUT2D eigenvalue weighted by molar-refractivity contribution is 0.410. The average Bonchev–Trinajstić information content (AvgIpc) is 2.90. The van der Waals surface area contributed by atoms with Crippen molar-refractivity contribution in [3.8, 4) is 0 Å². The van der Waals surface area contributed by atoms with E-state index in [1.807, 2.05) is 6.92 Å². The molecule has 0 saturated carbocycles. The largest absolute Gasteiger partial charge is 0.343 e. The highest BCUT2D eigenvalue weighted by Gasteiger charge is 2.17. The summed E-state index contributed by atoms with van der Waals surface area (Å²) in [6.07, 6.45) is 1.60. The zero-order valence-corrected chi connectivity index (χ0v) is 12.6. The van der Waals surface area contributed by atoms with Gasteiger partial charge in [0.1, 0.15) is 4.21 Å². The average molecular weight is 352 g/mol. The molecule has 18 heavy (non-hydrogen) atoms. The van der Waals surface area contributed by atoms with Gasteiger partial charge in [-0.15, -0.1) is 11.3 Å². The van der Waals surface area contributed by atoms with Gasteiger partial charge in [0.25, 0.3) is 0 Å². The first-order chi connectivity index (χ1) is 8.49. The molecule has 2 aromatic rings. The molecule has 98 valence electrons. The Morgan fingerprint density at radius 3 is 2.89 bits per heavy atom. The van der Waals surface area contributed by atoms with Gasteiger partial charge >= 0.3 is 0 Å². The Hall–Kier alpha value is -0.770. The summed E-state index contributed by atoms with van der Waals surface area (Å²) in [4.78, 5) is 3.81. The summed E-state index contributed by atoms with van der Waals surface area (Å²) < 4.78 is 32.0. The second-order valence-electron chi connectivity index (χ2n) is 3.52. The Morgan fingerprint density at radius 1 is 1.56 bits per heavy atom. The number of hydrogen-bond donors (Lipinski definition) is 1. The summed E-state index contributed by atoms with van der Waals surface area (Å²) in [7, 11) is -3.46. The van der Waals surface area contributed by atoms with Crippen molar-refractivity contribution >= 4 is 37.3 Å². The van der Waals surface area contributed by atoms with Gasteiger partial charge in [0.15, 0.2) is 5.82 Å². The molecule has 0 unspecified atom stereocenters. The molecule has 2 rings (SSSR count). The van der Waals surface area contributed by atoms with Crippen LogP contribution in [-0.4, -0.2) is 25.1 Å². The predicted octanol–water partition coefficient (Wildman–Crippen LogP) is 1.72. The number of aromatic nitrogens is 2. The Balaban J connectivity index is 1.99. The molecule has 0 bridgehead atoms. The van der Waals surface area contributed by atoms with Crippen LogP contribution < -0.4 is 4.72 Å². The number of halogens is 1. The number of hydrogen-bond acceptors (Lipinski definition) is 6. The molecule has 0 aliphatic rings. The minimum absolute atomic E-state index is 0.233. The summed E-state index contributed by atoms with van der Waals surface area (Å²) in [5, 5.41) is 3.60. The minimum atomic E-state index is -3.46. The number of rotatable bonds is 5. The van der Waals surface area contributed by atoms with Crippen LogP contribution in [0.1, 0.15) is 11.4 Å². The maximum absolute atomic E-state index is 11.9. The molecule has 0 aliphatic heterocycles. The monoisotopic (exact) mass is 351 g/mol. The van der Waals surface area contributed by atoms with Crippen molar-refractivity contribution in [3.05, 3.63) is 27.6 Å². The molecule has 6 nitrogen and oxygen atoms in total. The fraction of sp³-hybridized carbons (Fsp3) is 0.333. The molecule has 0 aromatic carbocycles. The Labute approximate surface area is 117 Å². The molecule has 0 radical (unpaired) electrons. The van der Waals surface area contributed by atoms with Gasteiger partial charge in [0, 0.05) is 13.0 Å². The first kappa shape index (κ1) is 13.7. The van der Waals surface area contributed by atoms with Crippen molar-refractivity contribution in [1.82, 2.24) is 14.9 Å². The highest BCUT2D eigenvalue weighted by atomic mass is 79.9. The maximum atomic E-state index is 11.9. The summed E-state index contributed by atoms with van der Waals surface area (Å²) >= 11 is 4.49. The van der Waals surface area contributed by atoms with Gasteiger partial charge in [-0.2, -0.15) is 4.98 Å². The zero-order valence-electron chi connectivity index (χ0n) is 9.38. The van der Waals surface area contributed by atoms with Crippen LogP contribution in [0.15, 0.2) is 25.0 Å². The second-order valence-corrected chi connectivity index (χ2v) is 7.88. The van der Waals surface area contributed by atoms with E-state index in [0.29, 0.717) is 16.5 Å². The van der Waals surface area contributed by atoms with Crippen molar-refractivity contribution in [1.29, 1.82) is 0 Å². The number of nitrogens with one attached hydrogen (secondary N) is 1. The molecule has 9 heteroatoms. The van der Waals surface area contributed by atoms with Crippen LogP contribution >= 0.6 is 27.3 Å². The van der Waals surface area contributed by atoms with Crippen molar-refractivity contribution in [2.75, 3.05) is 6.54 Å². The molecule has 0 fully saturated rings. The van der Waals surface area contributed by atoms with Gasteiger partial charge < -0.3 is 4.52 Å². The smallest absolute Gasteiger partial charge is 0.250 e. The minimum Gasteiger partial charge on any atom is -0.343 e. The first-order valence-corrected chi connectivity index (χ1v) is 8.09. The Bertz CT molecular complexity index is 602. The number of thiophene rings is 1. The van der Waals surface area contributed by atoms with Crippen molar-refractivity contribution in [3.63, 3.8) is 0 Å². The zero-order chi connectivity index (χ0) is 13.2. The molecule has 0 amide bonds. The van der Waals surface area contributed by atoms with Crippen LogP contribution in [-0.2, 0) is 16.4 Å². The van der Waals surface area contributed by atoms with Gasteiger partial charge in [0.2, 0.25) is 16.4 Å². The lowest BCUT2D eigenvalue weighted by atomic mass is 10.4. The molecular formula is C9H10BrN3O3S2. The van der Waals surface area contributed by atoms with E-state index in [1.54, 1.807) is 6.07 Å². The van der Waals surface area contributed by atoms with E-state index < -0.39 is 10.0 Å². The van der Waals surface area contributed by atoms with Gasteiger partial charge in [-0.3, -0.25) is 0 Å². The fourth-order valence-corrected chi connectivity index (χ4v) is 4.54. The predicted molar refractivity (Wildman–Crippen MR) is 69.9 cm³/mol.